The second-order valence-electron chi connectivity index (χ2n) is 3.18. The van der Waals surface area contributed by atoms with Crippen LogP contribution in [0.25, 0.3) is 11.0 Å². The van der Waals surface area contributed by atoms with E-state index in [0.717, 1.165) is 6.20 Å². The van der Waals surface area contributed by atoms with Crippen molar-refractivity contribution in [2.24, 2.45) is 0 Å². The molecule has 0 aliphatic carbocycles. The maximum absolute atomic E-state index is 12.5. The number of hydrogen-bond donors (Lipinski definition) is 1. The molecule has 1 N–H and O–H groups in total. The zero-order valence-electron chi connectivity index (χ0n) is 9.61. The van der Waals surface area contributed by atoms with Crippen LogP contribution in [0.15, 0.2) is 12.4 Å². The first-order valence-corrected chi connectivity index (χ1v) is 5.48. The Bertz CT molecular complexity index is 517. The van der Waals surface area contributed by atoms with Crippen LogP contribution in [0.2, 0.25) is 5.02 Å². The number of H-pyrrole nitrogens is 1. The molecule has 0 spiro atoms. The van der Waals surface area contributed by atoms with Crippen LogP contribution in [-0.4, -0.2) is 9.97 Å². The number of nitrogens with zero attached hydrogens (tertiary/aromatic N) is 1. The molecule has 0 saturated carbocycles. The first-order valence-electron chi connectivity index (χ1n) is 5.10. The van der Waals surface area contributed by atoms with Crippen LogP contribution < -0.4 is 0 Å². The predicted octanol–water partition coefficient (Wildman–Crippen LogP) is 4.57. The van der Waals surface area contributed by atoms with Crippen LogP contribution >= 0.6 is 11.6 Å². The van der Waals surface area contributed by atoms with E-state index in [4.69, 9.17) is 11.6 Å². The molecule has 94 valence electrons. The molecule has 2 aromatic heterocycles. The molecule has 6 heteroatoms. The highest BCUT2D eigenvalue weighted by Gasteiger charge is 2.34. The Morgan fingerprint density at radius 1 is 1.29 bits per heavy atom. The topological polar surface area (TPSA) is 28.7 Å². The van der Waals surface area contributed by atoms with E-state index in [9.17, 15) is 13.2 Å². The van der Waals surface area contributed by atoms with Crippen LogP contribution in [0.1, 0.15) is 25.0 Å². The minimum atomic E-state index is -4.47. The number of nitrogens with one attached hydrogen (secondary N) is 1. The van der Waals surface area contributed by atoms with Crippen molar-refractivity contribution in [3.63, 3.8) is 0 Å². The summed E-state index contributed by atoms with van der Waals surface area (Å²) in [5.74, 6) is 0. The number of halogens is 4. The van der Waals surface area contributed by atoms with Gasteiger partial charge < -0.3 is 4.98 Å². The molecule has 2 aromatic rings. The van der Waals surface area contributed by atoms with Gasteiger partial charge in [0.2, 0.25) is 0 Å². The third-order valence-electron chi connectivity index (χ3n) is 2.14. The fourth-order valence-corrected chi connectivity index (χ4v) is 1.80. The van der Waals surface area contributed by atoms with Gasteiger partial charge in [0.15, 0.2) is 0 Å². The fourth-order valence-electron chi connectivity index (χ4n) is 1.40. The molecule has 0 amide bonds. The number of alkyl halides is 3. The van der Waals surface area contributed by atoms with Crippen molar-refractivity contribution in [3.8, 4) is 0 Å². The van der Waals surface area contributed by atoms with Gasteiger partial charge in [-0.3, -0.25) is 0 Å². The third-order valence-corrected chi connectivity index (χ3v) is 2.53. The highest BCUT2D eigenvalue weighted by atomic mass is 35.5. The molecule has 0 aromatic carbocycles. The summed E-state index contributed by atoms with van der Waals surface area (Å²) in [6.07, 6.45) is -2.16. The second-order valence-corrected chi connectivity index (χ2v) is 3.56. The molecule has 0 bridgehead atoms. The van der Waals surface area contributed by atoms with Gasteiger partial charge in [-0.05, 0) is 12.5 Å². The van der Waals surface area contributed by atoms with Gasteiger partial charge in [-0.15, -0.1) is 0 Å². The van der Waals surface area contributed by atoms with Crippen LogP contribution in [-0.2, 0) is 6.18 Å². The zero-order chi connectivity index (χ0) is 13.2. The van der Waals surface area contributed by atoms with E-state index in [1.54, 1.807) is 13.1 Å². The van der Waals surface area contributed by atoms with E-state index in [1.165, 1.54) is 0 Å². The maximum atomic E-state index is 12.5. The van der Waals surface area contributed by atoms with Gasteiger partial charge in [0.25, 0.3) is 0 Å². The Morgan fingerprint density at radius 2 is 1.88 bits per heavy atom. The van der Waals surface area contributed by atoms with E-state index in [2.05, 4.69) is 9.97 Å². The van der Waals surface area contributed by atoms with Crippen LogP contribution in [0.4, 0.5) is 13.2 Å². The minimum absolute atomic E-state index is 0.300. The molecule has 0 fully saturated rings. The van der Waals surface area contributed by atoms with E-state index in [-0.39, 0.29) is 5.02 Å². The third kappa shape index (κ3) is 2.54. The first-order chi connectivity index (χ1) is 7.91. The molecular weight excluding hydrogens is 253 g/mol. The number of aromatic amines is 1. The SMILES string of the molecule is CC.Cc1c[nH]c2ncc(C(F)(F)F)c(Cl)c12. The van der Waals surface area contributed by atoms with Crippen molar-refractivity contribution >= 4 is 22.6 Å². The van der Waals surface area contributed by atoms with E-state index in [1.807, 2.05) is 13.8 Å². The van der Waals surface area contributed by atoms with Gasteiger partial charge in [-0.1, -0.05) is 25.4 Å². The molecule has 2 rings (SSSR count). The fraction of sp³-hybridized carbons (Fsp3) is 0.364. The number of rotatable bonds is 0. The smallest absolute Gasteiger partial charge is 0.346 e. The van der Waals surface area contributed by atoms with E-state index in [0.29, 0.717) is 16.6 Å². The van der Waals surface area contributed by atoms with Crippen molar-refractivity contribution in [2.75, 3.05) is 0 Å². The van der Waals surface area contributed by atoms with E-state index < -0.39 is 11.7 Å². The molecule has 2 nitrogen and oxygen atoms in total. The highest BCUT2D eigenvalue weighted by molar-refractivity contribution is 6.36. The first kappa shape index (κ1) is 13.8. The molecule has 0 aliphatic heterocycles. The summed E-state index contributed by atoms with van der Waals surface area (Å²) >= 11 is 5.69. The van der Waals surface area contributed by atoms with Gasteiger partial charge in [0.1, 0.15) is 5.65 Å². The minimum Gasteiger partial charge on any atom is -0.346 e. The lowest BCUT2D eigenvalue weighted by atomic mass is 10.2. The highest BCUT2D eigenvalue weighted by Crippen LogP contribution is 2.38. The lowest BCUT2D eigenvalue weighted by Crippen LogP contribution is -2.06. The Kier molecular flexibility index (Phi) is 4.03. The summed E-state index contributed by atoms with van der Waals surface area (Å²) in [6.45, 7) is 5.67. The van der Waals surface area contributed by atoms with Crippen molar-refractivity contribution in [3.05, 3.63) is 28.5 Å². The molecule has 0 atom stereocenters. The van der Waals surface area contributed by atoms with Gasteiger partial charge in [0, 0.05) is 17.8 Å². The number of hydrogen-bond acceptors (Lipinski definition) is 1. The molecule has 0 unspecified atom stereocenters. The Balaban J connectivity index is 0.000000686. The molecule has 0 aliphatic rings. The van der Waals surface area contributed by atoms with Gasteiger partial charge >= 0.3 is 6.18 Å². The summed E-state index contributed by atoms with van der Waals surface area (Å²) in [6, 6.07) is 0. The van der Waals surface area contributed by atoms with Crippen molar-refractivity contribution in [2.45, 2.75) is 26.9 Å². The Labute approximate surface area is 102 Å². The Hall–Kier alpha value is -1.23. The molecule has 2 heterocycles. The van der Waals surface area contributed by atoms with Gasteiger partial charge in [-0.2, -0.15) is 13.2 Å². The van der Waals surface area contributed by atoms with Crippen LogP contribution in [0.3, 0.4) is 0 Å². The normalized spacial score (nSPS) is 11.2. The maximum Gasteiger partial charge on any atom is 0.419 e. The van der Waals surface area contributed by atoms with Crippen molar-refractivity contribution in [1.82, 2.24) is 9.97 Å². The molecule has 0 radical (unpaired) electrons. The van der Waals surface area contributed by atoms with Gasteiger partial charge in [0.05, 0.1) is 10.6 Å². The lowest BCUT2D eigenvalue weighted by Gasteiger charge is -2.08. The molecular formula is C11H12ClF3N2. The predicted molar refractivity (Wildman–Crippen MR) is 62.2 cm³/mol. The average Bonchev–Trinajstić information content (AvgIpc) is 2.63. The van der Waals surface area contributed by atoms with E-state index >= 15 is 0 Å². The monoisotopic (exact) mass is 264 g/mol. The quantitative estimate of drug-likeness (QED) is 0.742. The summed E-state index contributed by atoms with van der Waals surface area (Å²) in [5.41, 5.74) is 0.110. The molecule has 17 heavy (non-hydrogen) atoms. The van der Waals surface area contributed by atoms with Crippen LogP contribution in [0, 0.1) is 6.92 Å². The number of aromatic nitrogens is 2. The summed E-state index contributed by atoms with van der Waals surface area (Å²) in [4.78, 5) is 6.41. The second kappa shape index (κ2) is 4.96. The average molecular weight is 265 g/mol. The van der Waals surface area contributed by atoms with Crippen LogP contribution in [0.5, 0.6) is 0 Å². The largest absolute Gasteiger partial charge is 0.419 e. The summed E-state index contributed by atoms with van der Waals surface area (Å²) in [5, 5.41) is 0.0257. The van der Waals surface area contributed by atoms with Crippen molar-refractivity contribution < 1.29 is 13.2 Å². The summed E-state index contributed by atoms with van der Waals surface area (Å²) < 4.78 is 37.4. The number of pyridine rings is 1. The molecule has 0 saturated heterocycles. The standard InChI is InChI=1S/C9H6ClF3N2.C2H6/c1-4-2-14-8-6(4)7(10)5(3-15-8)9(11,12)13;1-2/h2-3H,1H3,(H,14,15);1-2H3. The lowest BCUT2D eigenvalue weighted by molar-refractivity contribution is -0.137. The summed E-state index contributed by atoms with van der Waals surface area (Å²) in [7, 11) is 0. The van der Waals surface area contributed by atoms with Crippen molar-refractivity contribution in [1.29, 1.82) is 0 Å². The number of aryl methyl sites for hydroxylation is 1. The zero-order valence-corrected chi connectivity index (χ0v) is 10.4. The number of fused-ring (bicyclic) bond motifs is 1. The Morgan fingerprint density at radius 3 is 2.41 bits per heavy atom. The van der Waals surface area contributed by atoms with Gasteiger partial charge in [-0.25, -0.2) is 4.98 Å².